The maximum atomic E-state index is 13.9. The summed E-state index contributed by atoms with van der Waals surface area (Å²) in [4.78, 5) is 29.5. The topological polar surface area (TPSA) is 76.5 Å². The molecule has 1 fully saturated rings. The number of nitrogens with one attached hydrogen (secondary N) is 1. The zero-order chi connectivity index (χ0) is 27.6. The molecule has 4 aromatic rings. The van der Waals surface area contributed by atoms with E-state index in [4.69, 9.17) is 9.84 Å². The number of nitrogens with zero attached hydrogens (tertiary/aromatic N) is 3. The molecule has 4 heterocycles. The number of thioether (sulfide) groups is 1. The number of fused-ring (bicyclic) bond motifs is 1. The van der Waals surface area contributed by atoms with Crippen molar-refractivity contribution in [1.29, 1.82) is 0 Å². The molecule has 206 valence electrons. The lowest BCUT2D eigenvalue weighted by molar-refractivity contribution is -0.123. The lowest BCUT2D eigenvalue weighted by Crippen LogP contribution is -2.44. The van der Waals surface area contributed by atoms with Crippen molar-refractivity contribution in [3.63, 3.8) is 0 Å². The van der Waals surface area contributed by atoms with Crippen LogP contribution in [0.25, 0.3) is 16.3 Å². The highest BCUT2D eigenvalue weighted by Crippen LogP contribution is 2.49. The Hall–Kier alpha value is -3.47. The van der Waals surface area contributed by atoms with Crippen LogP contribution in [-0.4, -0.2) is 53.1 Å². The molecule has 6 rings (SSSR count). The average Bonchev–Trinajstić information content (AvgIpc) is 3.72. The fourth-order valence-electron chi connectivity index (χ4n) is 5.11. The third kappa shape index (κ3) is 5.43. The zero-order valence-electron chi connectivity index (χ0n) is 22.0. The van der Waals surface area contributed by atoms with Crippen molar-refractivity contribution < 1.29 is 18.7 Å². The number of aromatic nitrogens is 2. The van der Waals surface area contributed by atoms with Gasteiger partial charge >= 0.3 is 0 Å². The number of carbonyl (C=O) groups is 2. The summed E-state index contributed by atoms with van der Waals surface area (Å²) < 4.78 is 21.3. The molecule has 2 aromatic heterocycles. The largest absolute Gasteiger partial charge is 0.376 e. The van der Waals surface area contributed by atoms with E-state index in [9.17, 15) is 14.0 Å². The maximum absolute atomic E-state index is 13.9. The lowest BCUT2D eigenvalue weighted by Gasteiger charge is -2.23. The molecule has 2 aliphatic rings. The molecular formula is C30H29FN4O3S2. The molecule has 40 heavy (non-hydrogen) atoms. The molecule has 7 nitrogen and oxygen atoms in total. The van der Waals surface area contributed by atoms with Gasteiger partial charge < -0.3 is 10.1 Å². The van der Waals surface area contributed by atoms with Gasteiger partial charge in [-0.2, -0.15) is 5.10 Å². The number of thiophene rings is 1. The van der Waals surface area contributed by atoms with Gasteiger partial charge in [-0.05, 0) is 61.0 Å². The van der Waals surface area contributed by atoms with E-state index in [-0.39, 0.29) is 41.3 Å². The van der Waals surface area contributed by atoms with E-state index in [2.05, 4.69) is 5.32 Å². The van der Waals surface area contributed by atoms with Crippen LogP contribution in [0.5, 0.6) is 0 Å². The van der Waals surface area contributed by atoms with Gasteiger partial charge in [0.1, 0.15) is 23.9 Å². The van der Waals surface area contributed by atoms with E-state index in [1.165, 1.54) is 23.9 Å². The second-order valence-electron chi connectivity index (χ2n) is 9.97. The molecule has 0 bridgehead atoms. The van der Waals surface area contributed by atoms with E-state index in [0.717, 1.165) is 45.8 Å². The van der Waals surface area contributed by atoms with Crippen LogP contribution in [0.1, 0.15) is 34.8 Å². The number of aryl methyl sites for hydroxylation is 1. The Balaban J connectivity index is 1.49. The summed E-state index contributed by atoms with van der Waals surface area (Å²) in [7, 11) is 0. The molecule has 1 saturated heterocycles. The normalized spacial score (nSPS) is 18.9. The molecule has 2 aliphatic heterocycles. The molecule has 0 spiro atoms. The highest BCUT2D eigenvalue weighted by atomic mass is 32.2. The smallest absolute Gasteiger partial charge is 0.240 e. The highest BCUT2D eigenvalue weighted by Gasteiger charge is 2.38. The lowest BCUT2D eigenvalue weighted by atomic mass is 10.0. The molecule has 2 aromatic carbocycles. The number of anilines is 1. The second-order valence-corrected chi connectivity index (χ2v) is 12.0. The quantitative estimate of drug-likeness (QED) is 0.314. The Kier molecular flexibility index (Phi) is 7.73. The number of hydrogen-bond acceptors (Lipinski definition) is 6. The minimum absolute atomic E-state index is 0.00118. The van der Waals surface area contributed by atoms with Crippen LogP contribution in [-0.2, 0) is 14.3 Å². The molecule has 0 unspecified atom stereocenters. The van der Waals surface area contributed by atoms with Gasteiger partial charge in [-0.25, -0.2) is 9.07 Å². The number of rotatable bonds is 7. The Morgan fingerprint density at radius 1 is 1.15 bits per heavy atom. The van der Waals surface area contributed by atoms with Gasteiger partial charge in [0.25, 0.3) is 0 Å². The summed E-state index contributed by atoms with van der Waals surface area (Å²) in [6.07, 6.45) is 1.90. The summed E-state index contributed by atoms with van der Waals surface area (Å²) in [6.45, 7) is 2.99. The standard InChI is InChI=1S/C30H29FN4O3S2/c1-19-6-12-22(13-7-19)35-30-27(28(33-35)24-5-3-15-39-24)29(20-8-10-21(31)11-9-20)40-18-26(37)34(30)17-25(36)32-16-23-4-2-14-38-23/h3,5-13,15,23,29H,2,4,14,16-18H2,1H3,(H,32,36)/t23-,29+/m1/s1. The molecule has 2 amide bonds. The third-order valence-corrected chi connectivity index (χ3v) is 9.28. The Morgan fingerprint density at radius 2 is 1.95 bits per heavy atom. The van der Waals surface area contributed by atoms with Gasteiger partial charge in [-0.3, -0.25) is 14.5 Å². The molecule has 10 heteroatoms. The molecule has 0 aliphatic carbocycles. The van der Waals surface area contributed by atoms with Crippen molar-refractivity contribution >= 4 is 40.7 Å². The van der Waals surface area contributed by atoms with Crippen LogP contribution < -0.4 is 10.2 Å². The molecule has 0 radical (unpaired) electrons. The summed E-state index contributed by atoms with van der Waals surface area (Å²) in [5.41, 5.74) is 4.32. The van der Waals surface area contributed by atoms with Gasteiger partial charge in [0.05, 0.1) is 27.7 Å². The first kappa shape index (κ1) is 26.7. The van der Waals surface area contributed by atoms with Crippen LogP contribution in [0, 0.1) is 12.7 Å². The minimum atomic E-state index is -0.322. The van der Waals surface area contributed by atoms with Crippen LogP contribution in [0.4, 0.5) is 10.2 Å². The van der Waals surface area contributed by atoms with Crippen LogP contribution >= 0.6 is 23.1 Å². The predicted octanol–water partition coefficient (Wildman–Crippen LogP) is 5.51. The average molecular weight is 577 g/mol. The van der Waals surface area contributed by atoms with Crippen molar-refractivity contribution in [3.8, 4) is 16.3 Å². The number of carbonyl (C=O) groups excluding carboxylic acids is 2. The fourth-order valence-corrected chi connectivity index (χ4v) is 7.04. The van der Waals surface area contributed by atoms with E-state index in [1.807, 2.05) is 48.7 Å². The number of benzene rings is 2. The number of ether oxygens (including phenoxy) is 1. The van der Waals surface area contributed by atoms with Gasteiger partial charge in [-0.15, -0.1) is 23.1 Å². The summed E-state index contributed by atoms with van der Waals surface area (Å²) in [5.74, 6) is -0.0441. The van der Waals surface area contributed by atoms with E-state index in [1.54, 1.807) is 33.1 Å². The van der Waals surface area contributed by atoms with Gasteiger partial charge in [-0.1, -0.05) is 35.9 Å². The SMILES string of the molecule is Cc1ccc(-n2nc(-c3cccs3)c3c2N(CC(=O)NC[C@H]2CCCO2)C(=O)CS[C@H]3c2ccc(F)cc2)cc1. The van der Waals surface area contributed by atoms with Gasteiger partial charge in [0.15, 0.2) is 0 Å². The molecule has 0 saturated carbocycles. The molecular weight excluding hydrogens is 547 g/mol. The van der Waals surface area contributed by atoms with Crippen LogP contribution in [0.3, 0.4) is 0 Å². The van der Waals surface area contributed by atoms with Crippen molar-refractivity contribution in [2.75, 3.05) is 30.3 Å². The Labute approximate surface area is 240 Å². The maximum Gasteiger partial charge on any atom is 0.240 e. The molecule has 1 N–H and O–H groups in total. The zero-order valence-corrected chi connectivity index (χ0v) is 23.6. The van der Waals surface area contributed by atoms with Crippen molar-refractivity contribution in [2.24, 2.45) is 0 Å². The Bertz CT molecular complexity index is 1500. The first-order valence-electron chi connectivity index (χ1n) is 13.3. The van der Waals surface area contributed by atoms with Gasteiger partial charge in [0.2, 0.25) is 11.8 Å². The van der Waals surface area contributed by atoms with Crippen molar-refractivity contribution in [2.45, 2.75) is 31.1 Å². The summed E-state index contributed by atoms with van der Waals surface area (Å²) >= 11 is 3.03. The Morgan fingerprint density at radius 3 is 2.65 bits per heavy atom. The first-order chi connectivity index (χ1) is 19.5. The number of hydrogen-bond donors (Lipinski definition) is 1. The number of amides is 2. The van der Waals surface area contributed by atoms with E-state index < -0.39 is 0 Å². The van der Waals surface area contributed by atoms with Crippen molar-refractivity contribution in [3.05, 3.63) is 88.6 Å². The highest BCUT2D eigenvalue weighted by molar-refractivity contribution is 8.00. The minimum Gasteiger partial charge on any atom is -0.376 e. The number of halogens is 1. The first-order valence-corrected chi connectivity index (χ1v) is 15.2. The molecule has 2 atom stereocenters. The van der Waals surface area contributed by atoms with Crippen molar-refractivity contribution in [1.82, 2.24) is 15.1 Å². The third-order valence-electron chi connectivity index (χ3n) is 7.15. The van der Waals surface area contributed by atoms with Crippen LogP contribution in [0.2, 0.25) is 0 Å². The van der Waals surface area contributed by atoms with E-state index >= 15 is 0 Å². The van der Waals surface area contributed by atoms with Gasteiger partial charge in [0, 0.05) is 18.7 Å². The summed E-state index contributed by atoms with van der Waals surface area (Å²) in [6, 6.07) is 18.3. The fraction of sp³-hybridized carbons (Fsp3) is 0.300. The second kappa shape index (κ2) is 11.6. The monoisotopic (exact) mass is 576 g/mol. The van der Waals surface area contributed by atoms with Crippen LogP contribution in [0.15, 0.2) is 66.0 Å². The predicted molar refractivity (Wildman–Crippen MR) is 157 cm³/mol. The van der Waals surface area contributed by atoms with E-state index in [0.29, 0.717) is 19.0 Å². The summed E-state index contributed by atoms with van der Waals surface area (Å²) in [5, 5.41) is 9.72.